The van der Waals surface area contributed by atoms with E-state index >= 15 is 0 Å². The summed E-state index contributed by atoms with van der Waals surface area (Å²) in [5.41, 5.74) is 1.16. The standard InChI is InChI=1S/C18H13F5N2O3/c1-26-16-14(10-2-5-12(6-3-10)28-17(19)20)15-11(8-24-16)4-7-13(25-15)27-9-18(21,22)23/h2-8,17H,9H2,1H3. The van der Waals surface area contributed by atoms with Crippen LogP contribution in [0.4, 0.5) is 22.0 Å². The first-order chi connectivity index (χ1) is 13.3. The summed E-state index contributed by atoms with van der Waals surface area (Å²) in [4.78, 5) is 8.29. The van der Waals surface area contributed by atoms with E-state index in [4.69, 9.17) is 9.47 Å². The average Bonchev–Trinajstić information content (AvgIpc) is 2.65. The molecule has 3 rings (SSSR count). The molecule has 0 saturated heterocycles. The number of alkyl halides is 5. The minimum Gasteiger partial charge on any atom is -0.480 e. The summed E-state index contributed by atoms with van der Waals surface area (Å²) in [7, 11) is 1.37. The second-order valence-corrected chi connectivity index (χ2v) is 5.54. The Kier molecular flexibility index (Phi) is 5.48. The zero-order chi connectivity index (χ0) is 20.3. The van der Waals surface area contributed by atoms with Crippen LogP contribution in [-0.2, 0) is 0 Å². The van der Waals surface area contributed by atoms with Crippen LogP contribution in [0.5, 0.6) is 17.5 Å². The number of fused-ring (bicyclic) bond motifs is 1. The lowest BCUT2D eigenvalue weighted by Crippen LogP contribution is -2.19. The molecule has 28 heavy (non-hydrogen) atoms. The van der Waals surface area contributed by atoms with Crippen molar-refractivity contribution >= 4 is 10.9 Å². The van der Waals surface area contributed by atoms with Gasteiger partial charge in [-0.05, 0) is 23.8 Å². The van der Waals surface area contributed by atoms with E-state index in [1.807, 2.05) is 0 Å². The lowest BCUT2D eigenvalue weighted by atomic mass is 10.0. The Morgan fingerprint density at radius 1 is 1.04 bits per heavy atom. The van der Waals surface area contributed by atoms with Gasteiger partial charge in [0.15, 0.2) is 6.61 Å². The third-order valence-corrected chi connectivity index (χ3v) is 3.62. The number of methoxy groups -OCH3 is 1. The van der Waals surface area contributed by atoms with Crippen molar-refractivity contribution in [2.45, 2.75) is 12.8 Å². The summed E-state index contributed by atoms with van der Waals surface area (Å²) in [5.74, 6) is -0.111. The molecule has 0 atom stereocenters. The Morgan fingerprint density at radius 3 is 2.36 bits per heavy atom. The minimum atomic E-state index is -4.50. The van der Waals surface area contributed by atoms with E-state index in [2.05, 4.69) is 14.7 Å². The molecule has 0 amide bonds. The largest absolute Gasteiger partial charge is 0.480 e. The van der Waals surface area contributed by atoms with Crippen molar-refractivity contribution in [1.29, 1.82) is 0 Å². The minimum absolute atomic E-state index is 0.0481. The van der Waals surface area contributed by atoms with E-state index in [0.717, 1.165) is 0 Å². The lowest BCUT2D eigenvalue weighted by molar-refractivity contribution is -0.154. The van der Waals surface area contributed by atoms with E-state index in [1.165, 1.54) is 49.7 Å². The van der Waals surface area contributed by atoms with Gasteiger partial charge in [0, 0.05) is 17.6 Å². The Bertz CT molecular complexity index is 962. The van der Waals surface area contributed by atoms with Gasteiger partial charge in [-0.1, -0.05) is 12.1 Å². The lowest BCUT2D eigenvalue weighted by Gasteiger charge is -2.13. The molecule has 0 fully saturated rings. The van der Waals surface area contributed by atoms with Crippen molar-refractivity contribution in [2.24, 2.45) is 0 Å². The van der Waals surface area contributed by atoms with Crippen molar-refractivity contribution in [3.63, 3.8) is 0 Å². The van der Waals surface area contributed by atoms with Crippen LogP contribution < -0.4 is 14.2 Å². The van der Waals surface area contributed by atoms with Gasteiger partial charge in [0.1, 0.15) is 5.75 Å². The fourth-order valence-corrected chi connectivity index (χ4v) is 2.50. The van der Waals surface area contributed by atoms with Crippen molar-refractivity contribution in [3.05, 3.63) is 42.6 Å². The third-order valence-electron chi connectivity index (χ3n) is 3.62. The molecule has 3 aromatic rings. The van der Waals surface area contributed by atoms with Crippen molar-refractivity contribution in [3.8, 4) is 28.6 Å². The van der Waals surface area contributed by atoms with Crippen LogP contribution in [0.15, 0.2) is 42.6 Å². The van der Waals surface area contributed by atoms with Crippen LogP contribution in [0.2, 0.25) is 0 Å². The third kappa shape index (κ3) is 4.56. The first kappa shape index (κ1) is 19.6. The number of hydrogen-bond donors (Lipinski definition) is 0. The first-order valence-electron chi connectivity index (χ1n) is 7.85. The van der Waals surface area contributed by atoms with Crippen LogP contribution in [0.3, 0.4) is 0 Å². The summed E-state index contributed by atoms with van der Waals surface area (Å²) in [6, 6.07) is 8.43. The van der Waals surface area contributed by atoms with E-state index in [9.17, 15) is 22.0 Å². The number of ether oxygens (including phenoxy) is 3. The molecule has 0 aliphatic rings. The Morgan fingerprint density at radius 2 is 1.75 bits per heavy atom. The number of benzene rings is 1. The van der Waals surface area contributed by atoms with Gasteiger partial charge >= 0.3 is 12.8 Å². The van der Waals surface area contributed by atoms with Gasteiger partial charge in [-0.3, -0.25) is 0 Å². The summed E-state index contributed by atoms with van der Waals surface area (Å²) in [6.45, 7) is -4.45. The Balaban J connectivity index is 2.05. The number of aromatic nitrogens is 2. The van der Waals surface area contributed by atoms with E-state index < -0.39 is 19.4 Å². The fourth-order valence-electron chi connectivity index (χ4n) is 2.50. The van der Waals surface area contributed by atoms with E-state index in [0.29, 0.717) is 16.5 Å². The summed E-state index contributed by atoms with van der Waals surface area (Å²) in [5, 5.41) is 0.531. The molecule has 5 nitrogen and oxygen atoms in total. The van der Waals surface area contributed by atoms with Gasteiger partial charge in [0.2, 0.25) is 11.8 Å². The van der Waals surface area contributed by atoms with Gasteiger partial charge in [-0.25, -0.2) is 9.97 Å². The Labute approximate surface area is 155 Å². The van der Waals surface area contributed by atoms with Gasteiger partial charge in [0.05, 0.1) is 18.2 Å². The zero-order valence-corrected chi connectivity index (χ0v) is 14.3. The number of pyridine rings is 2. The molecule has 0 bridgehead atoms. The van der Waals surface area contributed by atoms with Crippen molar-refractivity contribution < 1.29 is 36.2 Å². The van der Waals surface area contributed by atoms with Crippen LogP contribution >= 0.6 is 0 Å². The molecule has 148 valence electrons. The Hall–Kier alpha value is -3.17. The number of hydrogen-bond acceptors (Lipinski definition) is 5. The molecule has 0 spiro atoms. The maximum atomic E-state index is 12.4. The van der Waals surface area contributed by atoms with Crippen LogP contribution in [0.1, 0.15) is 0 Å². The highest BCUT2D eigenvalue weighted by atomic mass is 19.4. The van der Waals surface area contributed by atoms with E-state index in [-0.39, 0.29) is 23.0 Å². The van der Waals surface area contributed by atoms with Crippen LogP contribution in [-0.4, -0.2) is 36.5 Å². The van der Waals surface area contributed by atoms with Gasteiger partial charge in [-0.2, -0.15) is 22.0 Å². The molecule has 0 saturated carbocycles. The predicted octanol–water partition coefficient (Wildman–Crippen LogP) is 4.85. The molecule has 2 heterocycles. The maximum Gasteiger partial charge on any atom is 0.422 e. The van der Waals surface area contributed by atoms with Crippen molar-refractivity contribution in [2.75, 3.05) is 13.7 Å². The number of rotatable bonds is 6. The maximum absolute atomic E-state index is 12.4. The topological polar surface area (TPSA) is 53.5 Å². The highest BCUT2D eigenvalue weighted by molar-refractivity contribution is 5.96. The highest BCUT2D eigenvalue weighted by Gasteiger charge is 2.28. The van der Waals surface area contributed by atoms with Gasteiger partial charge in [-0.15, -0.1) is 0 Å². The quantitative estimate of drug-likeness (QED) is 0.554. The molecule has 0 aliphatic heterocycles. The molecule has 1 aromatic carbocycles. The normalized spacial score (nSPS) is 11.7. The second-order valence-electron chi connectivity index (χ2n) is 5.54. The fraction of sp³-hybridized carbons (Fsp3) is 0.222. The van der Waals surface area contributed by atoms with Gasteiger partial charge in [0.25, 0.3) is 0 Å². The van der Waals surface area contributed by atoms with Crippen LogP contribution in [0.25, 0.3) is 22.0 Å². The predicted molar refractivity (Wildman–Crippen MR) is 89.7 cm³/mol. The molecule has 0 radical (unpaired) electrons. The SMILES string of the molecule is COc1ncc2ccc(OCC(F)(F)F)nc2c1-c1ccc(OC(F)F)cc1. The molecule has 0 aliphatic carbocycles. The monoisotopic (exact) mass is 400 g/mol. The molecule has 10 heteroatoms. The number of nitrogens with zero attached hydrogens (tertiary/aromatic N) is 2. The molecular formula is C18H13F5N2O3. The first-order valence-corrected chi connectivity index (χ1v) is 7.85. The molecule has 0 unspecified atom stereocenters. The van der Waals surface area contributed by atoms with Crippen LogP contribution in [0, 0.1) is 0 Å². The second kappa shape index (κ2) is 7.83. The molecule has 0 N–H and O–H groups in total. The van der Waals surface area contributed by atoms with Gasteiger partial charge < -0.3 is 14.2 Å². The number of halogens is 5. The summed E-state index contributed by atoms with van der Waals surface area (Å²) in [6.07, 6.45) is -3.05. The zero-order valence-electron chi connectivity index (χ0n) is 14.3. The average molecular weight is 400 g/mol. The molecule has 2 aromatic heterocycles. The van der Waals surface area contributed by atoms with Crippen molar-refractivity contribution in [1.82, 2.24) is 9.97 Å². The summed E-state index contributed by atoms with van der Waals surface area (Å²) < 4.78 is 76.1. The highest BCUT2D eigenvalue weighted by Crippen LogP contribution is 2.36. The molecular weight excluding hydrogens is 387 g/mol. The summed E-state index contributed by atoms with van der Waals surface area (Å²) >= 11 is 0. The van der Waals surface area contributed by atoms with E-state index in [1.54, 1.807) is 0 Å². The smallest absolute Gasteiger partial charge is 0.422 e.